The quantitative estimate of drug-likeness (QED) is 0.786. The molecule has 0 saturated heterocycles. The second-order valence-electron chi connectivity index (χ2n) is 6.61. The Morgan fingerprint density at radius 2 is 1.63 bits per heavy atom. The molecule has 0 aromatic heterocycles. The van der Waals surface area contributed by atoms with E-state index < -0.39 is 10.0 Å². The summed E-state index contributed by atoms with van der Waals surface area (Å²) in [5.74, 6) is 0.405. The standard InChI is InChI=1S/C20H26N2O4S/c1-14-12-15(2)20(16(3)13-14)21-19(23)10-11-22(27(5,24)25)17-6-8-18(26-4)9-7-17/h6-9,12-13H,10-11H2,1-5H3,(H,21,23). The summed E-state index contributed by atoms with van der Waals surface area (Å²) in [7, 11) is -1.97. The number of carbonyl (C=O) groups excluding carboxylic acids is 1. The molecule has 0 atom stereocenters. The molecular formula is C20H26N2O4S. The van der Waals surface area contributed by atoms with Crippen LogP contribution >= 0.6 is 0 Å². The zero-order valence-corrected chi connectivity index (χ0v) is 17.2. The Labute approximate surface area is 161 Å². The Morgan fingerprint density at radius 3 is 2.11 bits per heavy atom. The van der Waals surface area contributed by atoms with Crippen LogP contribution in [0.25, 0.3) is 0 Å². The van der Waals surface area contributed by atoms with E-state index in [1.54, 1.807) is 31.4 Å². The molecule has 146 valence electrons. The molecule has 0 spiro atoms. The molecule has 7 heteroatoms. The number of methoxy groups -OCH3 is 1. The number of amides is 1. The van der Waals surface area contributed by atoms with E-state index in [1.165, 1.54) is 4.31 Å². The summed E-state index contributed by atoms with van der Waals surface area (Å²) < 4.78 is 30.7. The number of rotatable bonds is 7. The van der Waals surface area contributed by atoms with Gasteiger partial charge in [-0.25, -0.2) is 8.42 Å². The number of nitrogens with zero attached hydrogens (tertiary/aromatic N) is 1. The number of benzene rings is 2. The van der Waals surface area contributed by atoms with Gasteiger partial charge in [0.05, 0.1) is 19.1 Å². The van der Waals surface area contributed by atoms with Gasteiger partial charge in [0.1, 0.15) is 5.75 Å². The van der Waals surface area contributed by atoms with Crippen LogP contribution in [0.2, 0.25) is 0 Å². The van der Waals surface area contributed by atoms with Crippen molar-refractivity contribution in [3.63, 3.8) is 0 Å². The van der Waals surface area contributed by atoms with E-state index in [9.17, 15) is 13.2 Å². The number of hydrogen-bond donors (Lipinski definition) is 1. The number of carbonyl (C=O) groups is 1. The SMILES string of the molecule is COc1ccc(N(CCC(=O)Nc2c(C)cc(C)cc2C)S(C)(=O)=O)cc1. The predicted octanol–water partition coefficient (Wildman–Crippen LogP) is 3.42. The highest BCUT2D eigenvalue weighted by Crippen LogP contribution is 2.24. The minimum atomic E-state index is -3.52. The maximum absolute atomic E-state index is 12.4. The monoisotopic (exact) mass is 390 g/mol. The largest absolute Gasteiger partial charge is 0.497 e. The highest BCUT2D eigenvalue weighted by Gasteiger charge is 2.19. The number of hydrogen-bond acceptors (Lipinski definition) is 4. The molecule has 2 aromatic carbocycles. The van der Waals surface area contributed by atoms with Crippen molar-refractivity contribution in [3.05, 3.63) is 53.1 Å². The van der Waals surface area contributed by atoms with E-state index in [0.717, 1.165) is 28.6 Å². The fraction of sp³-hybridized carbons (Fsp3) is 0.350. The van der Waals surface area contributed by atoms with E-state index >= 15 is 0 Å². The Balaban J connectivity index is 2.12. The van der Waals surface area contributed by atoms with Crippen molar-refractivity contribution in [1.82, 2.24) is 0 Å². The van der Waals surface area contributed by atoms with Crippen LogP contribution in [0, 0.1) is 20.8 Å². The van der Waals surface area contributed by atoms with Crippen LogP contribution in [-0.4, -0.2) is 34.2 Å². The summed E-state index contributed by atoms with van der Waals surface area (Å²) in [6.45, 7) is 5.94. The van der Waals surface area contributed by atoms with E-state index in [-0.39, 0.29) is 18.9 Å². The molecule has 0 radical (unpaired) electrons. The van der Waals surface area contributed by atoms with Gasteiger partial charge in [0, 0.05) is 18.7 Å². The summed E-state index contributed by atoms with van der Waals surface area (Å²) in [6, 6.07) is 10.7. The topological polar surface area (TPSA) is 75.7 Å². The van der Waals surface area contributed by atoms with Crippen molar-refractivity contribution < 1.29 is 17.9 Å². The van der Waals surface area contributed by atoms with Gasteiger partial charge in [-0.3, -0.25) is 9.10 Å². The summed E-state index contributed by atoms with van der Waals surface area (Å²) in [6.07, 6.45) is 1.18. The van der Waals surface area contributed by atoms with Crippen molar-refractivity contribution >= 4 is 27.3 Å². The lowest BCUT2D eigenvalue weighted by Gasteiger charge is -2.22. The number of anilines is 2. The minimum Gasteiger partial charge on any atom is -0.497 e. The van der Waals surface area contributed by atoms with Gasteiger partial charge in [0.2, 0.25) is 15.9 Å². The lowest BCUT2D eigenvalue weighted by Crippen LogP contribution is -2.33. The molecule has 0 saturated carbocycles. The van der Waals surface area contributed by atoms with Gasteiger partial charge in [-0.15, -0.1) is 0 Å². The van der Waals surface area contributed by atoms with E-state index in [4.69, 9.17) is 4.74 Å². The third kappa shape index (κ3) is 5.47. The summed E-state index contributed by atoms with van der Waals surface area (Å²) in [4.78, 5) is 12.4. The normalized spacial score (nSPS) is 11.1. The lowest BCUT2D eigenvalue weighted by atomic mass is 10.1. The molecule has 2 rings (SSSR count). The highest BCUT2D eigenvalue weighted by atomic mass is 32.2. The highest BCUT2D eigenvalue weighted by molar-refractivity contribution is 7.92. The van der Waals surface area contributed by atoms with Crippen molar-refractivity contribution in [2.45, 2.75) is 27.2 Å². The van der Waals surface area contributed by atoms with Gasteiger partial charge in [0.15, 0.2) is 0 Å². The van der Waals surface area contributed by atoms with Gasteiger partial charge < -0.3 is 10.1 Å². The maximum atomic E-state index is 12.4. The van der Waals surface area contributed by atoms with Gasteiger partial charge in [-0.05, 0) is 56.2 Å². The first-order chi connectivity index (χ1) is 12.6. The Hall–Kier alpha value is -2.54. The molecule has 0 bridgehead atoms. The van der Waals surface area contributed by atoms with Crippen LogP contribution in [-0.2, 0) is 14.8 Å². The van der Waals surface area contributed by atoms with Gasteiger partial charge in [-0.1, -0.05) is 17.7 Å². The average molecular weight is 391 g/mol. The molecule has 0 aliphatic heterocycles. The van der Waals surface area contributed by atoms with Crippen LogP contribution in [0.3, 0.4) is 0 Å². The maximum Gasteiger partial charge on any atom is 0.232 e. The van der Waals surface area contributed by atoms with E-state index in [2.05, 4.69) is 5.32 Å². The van der Waals surface area contributed by atoms with E-state index in [0.29, 0.717) is 11.4 Å². The zero-order valence-electron chi connectivity index (χ0n) is 16.4. The smallest absolute Gasteiger partial charge is 0.232 e. The van der Waals surface area contributed by atoms with Crippen molar-refractivity contribution in [1.29, 1.82) is 0 Å². The Bertz CT molecular complexity index is 898. The first kappa shape index (κ1) is 20.8. The molecule has 27 heavy (non-hydrogen) atoms. The lowest BCUT2D eigenvalue weighted by molar-refractivity contribution is -0.116. The Kier molecular flexibility index (Phi) is 6.49. The van der Waals surface area contributed by atoms with Gasteiger partial charge >= 0.3 is 0 Å². The molecular weight excluding hydrogens is 364 g/mol. The van der Waals surface area contributed by atoms with Crippen LogP contribution in [0.15, 0.2) is 36.4 Å². The minimum absolute atomic E-state index is 0.0475. The molecule has 1 amide bonds. The molecule has 0 unspecified atom stereocenters. The van der Waals surface area contributed by atoms with Crippen molar-refractivity contribution in [2.75, 3.05) is 29.5 Å². The predicted molar refractivity (Wildman–Crippen MR) is 109 cm³/mol. The molecule has 2 aromatic rings. The molecule has 0 aliphatic rings. The summed E-state index contributed by atoms with van der Waals surface area (Å²) >= 11 is 0. The Morgan fingerprint density at radius 1 is 1.07 bits per heavy atom. The van der Waals surface area contributed by atoms with Crippen LogP contribution in [0.5, 0.6) is 5.75 Å². The molecule has 0 aliphatic carbocycles. The summed E-state index contributed by atoms with van der Waals surface area (Å²) in [5, 5.41) is 2.90. The number of aryl methyl sites for hydroxylation is 3. The average Bonchev–Trinajstić information content (AvgIpc) is 2.57. The third-order valence-corrected chi connectivity index (χ3v) is 5.44. The fourth-order valence-corrected chi connectivity index (χ4v) is 3.94. The zero-order chi connectivity index (χ0) is 20.2. The number of ether oxygens (including phenoxy) is 1. The fourth-order valence-electron chi connectivity index (χ4n) is 3.02. The van der Waals surface area contributed by atoms with Crippen LogP contribution < -0.4 is 14.4 Å². The molecule has 0 heterocycles. The molecule has 0 fully saturated rings. The summed E-state index contributed by atoms with van der Waals surface area (Å²) in [5.41, 5.74) is 4.37. The second kappa shape index (κ2) is 8.43. The third-order valence-electron chi connectivity index (χ3n) is 4.24. The molecule has 1 N–H and O–H groups in total. The number of nitrogens with one attached hydrogen (secondary N) is 1. The molecule has 6 nitrogen and oxygen atoms in total. The second-order valence-corrected chi connectivity index (χ2v) is 8.51. The van der Waals surface area contributed by atoms with Crippen molar-refractivity contribution in [3.8, 4) is 5.75 Å². The number of sulfonamides is 1. The van der Waals surface area contributed by atoms with Gasteiger partial charge in [0.25, 0.3) is 0 Å². The van der Waals surface area contributed by atoms with E-state index in [1.807, 2.05) is 32.9 Å². The first-order valence-electron chi connectivity index (χ1n) is 8.61. The van der Waals surface area contributed by atoms with Crippen LogP contribution in [0.1, 0.15) is 23.1 Å². The van der Waals surface area contributed by atoms with Gasteiger partial charge in [-0.2, -0.15) is 0 Å². The van der Waals surface area contributed by atoms with Crippen molar-refractivity contribution in [2.24, 2.45) is 0 Å². The van der Waals surface area contributed by atoms with Crippen LogP contribution in [0.4, 0.5) is 11.4 Å². The first-order valence-corrected chi connectivity index (χ1v) is 10.5.